The third-order valence-corrected chi connectivity index (χ3v) is 4.93. The predicted molar refractivity (Wildman–Crippen MR) is 127 cm³/mol. The fourth-order valence-corrected chi connectivity index (χ4v) is 3.06. The standard InChI is InChI=1S/C20H37Cl3O2.CH5N3/c1-2-3-4-5-6-7-8-9-10-11-12-13-14-15-16-17-18-25-19(24)20(21,22)23;2-1(3)4/h2-18H2,1H3;(H5,2,3,4). The number of rotatable bonds is 17. The number of nitrogens with two attached hydrogens (primary N) is 2. The smallest absolute Gasteiger partial charge is 0.358 e. The summed E-state index contributed by atoms with van der Waals surface area (Å²) >= 11 is 16.2. The number of nitrogens with one attached hydrogen (secondary N) is 1. The topological polar surface area (TPSA) is 102 Å². The lowest BCUT2D eigenvalue weighted by Gasteiger charge is -2.10. The van der Waals surface area contributed by atoms with Crippen molar-refractivity contribution in [3.05, 3.63) is 0 Å². The maximum Gasteiger partial charge on any atom is 0.358 e. The highest BCUT2D eigenvalue weighted by atomic mass is 35.6. The van der Waals surface area contributed by atoms with Crippen LogP contribution in [0.25, 0.3) is 0 Å². The van der Waals surface area contributed by atoms with Crippen molar-refractivity contribution in [2.24, 2.45) is 11.5 Å². The molecule has 0 spiro atoms. The van der Waals surface area contributed by atoms with Crippen LogP contribution in [0.1, 0.15) is 110 Å². The number of carbonyl (C=O) groups is 1. The van der Waals surface area contributed by atoms with Crippen molar-refractivity contribution >= 4 is 46.7 Å². The van der Waals surface area contributed by atoms with Crippen LogP contribution in [0.5, 0.6) is 0 Å². The van der Waals surface area contributed by atoms with E-state index in [2.05, 4.69) is 18.4 Å². The second-order valence-electron chi connectivity index (χ2n) is 7.39. The van der Waals surface area contributed by atoms with Crippen LogP contribution in [-0.4, -0.2) is 22.3 Å². The van der Waals surface area contributed by atoms with E-state index in [1.54, 1.807) is 0 Å². The third-order valence-electron chi connectivity index (χ3n) is 4.46. The molecule has 0 aliphatic carbocycles. The lowest BCUT2D eigenvalue weighted by molar-refractivity contribution is -0.142. The second kappa shape index (κ2) is 22.3. The van der Waals surface area contributed by atoms with Gasteiger partial charge in [0.05, 0.1) is 6.61 Å². The third kappa shape index (κ3) is 29.9. The molecule has 0 saturated carbocycles. The minimum absolute atomic E-state index is 0.333. The summed E-state index contributed by atoms with van der Waals surface area (Å²) in [4.78, 5) is 11.2. The largest absolute Gasteiger partial charge is 0.463 e. The number of unbranched alkanes of at least 4 members (excludes halogenated alkanes) is 15. The first kappa shape index (κ1) is 30.8. The second-order valence-corrected chi connectivity index (χ2v) is 9.67. The summed E-state index contributed by atoms with van der Waals surface area (Å²) in [5, 5.41) is 6.06. The van der Waals surface area contributed by atoms with Crippen LogP contribution in [-0.2, 0) is 9.53 Å². The molecule has 5 N–H and O–H groups in total. The van der Waals surface area contributed by atoms with Crippen LogP contribution < -0.4 is 11.5 Å². The molecule has 0 aliphatic rings. The van der Waals surface area contributed by atoms with Crippen LogP contribution in [0.3, 0.4) is 0 Å². The SMILES string of the molecule is CCCCCCCCCCCCCCCCCCOC(=O)C(Cl)(Cl)Cl.N=C(N)N. The average molecular weight is 475 g/mol. The van der Waals surface area contributed by atoms with Crippen molar-refractivity contribution in [1.82, 2.24) is 0 Å². The van der Waals surface area contributed by atoms with Gasteiger partial charge in [-0.05, 0) is 6.42 Å². The van der Waals surface area contributed by atoms with Gasteiger partial charge in [0, 0.05) is 0 Å². The van der Waals surface area contributed by atoms with Crippen molar-refractivity contribution in [1.29, 1.82) is 5.41 Å². The lowest BCUT2D eigenvalue weighted by atomic mass is 10.0. The van der Waals surface area contributed by atoms with Crippen molar-refractivity contribution in [2.45, 2.75) is 113 Å². The van der Waals surface area contributed by atoms with Crippen molar-refractivity contribution in [3.8, 4) is 0 Å². The quantitative estimate of drug-likeness (QED) is 0.0694. The number of hydrogen-bond acceptors (Lipinski definition) is 3. The zero-order valence-electron chi connectivity index (χ0n) is 18.1. The van der Waals surface area contributed by atoms with Gasteiger partial charge >= 0.3 is 5.97 Å². The van der Waals surface area contributed by atoms with Gasteiger partial charge in [0.15, 0.2) is 5.96 Å². The van der Waals surface area contributed by atoms with E-state index in [1.807, 2.05) is 0 Å². The van der Waals surface area contributed by atoms with Gasteiger partial charge in [-0.3, -0.25) is 5.41 Å². The number of ether oxygens (including phenoxy) is 1. The lowest BCUT2D eigenvalue weighted by Crippen LogP contribution is -2.22. The van der Waals surface area contributed by atoms with E-state index < -0.39 is 9.76 Å². The Hall–Kier alpha value is -0.390. The van der Waals surface area contributed by atoms with E-state index in [0.717, 1.165) is 12.8 Å². The van der Waals surface area contributed by atoms with Crippen molar-refractivity contribution < 1.29 is 9.53 Å². The highest BCUT2D eigenvalue weighted by Crippen LogP contribution is 2.27. The maximum absolute atomic E-state index is 11.2. The Kier molecular flexibility index (Phi) is 23.7. The molecule has 0 unspecified atom stereocenters. The van der Waals surface area contributed by atoms with Crippen LogP contribution in [0, 0.1) is 5.41 Å². The molecule has 0 heterocycles. The number of alkyl halides is 3. The number of carbonyl (C=O) groups excluding carboxylic acids is 1. The minimum atomic E-state index is -1.95. The summed E-state index contributed by atoms with van der Waals surface area (Å²) < 4.78 is 2.94. The Morgan fingerprint density at radius 1 is 0.724 bits per heavy atom. The zero-order valence-corrected chi connectivity index (χ0v) is 20.4. The molecule has 0 aromatic carbocycles. The van der Waals surface area contributed by atoms with E-state index in [0.29, 0.717) is 6.61 Å². The Morgan fingerprint density at radius 2 is 1.00 bits per heavy atom. The molecule has 0 radical (unpaired) electrons. The van der Waals surface area contributed by atoms with Crippen LogP contribution in [0.4, 0.5) is 0 Å². The summed E-state index contributed by atoms with van der Waals surface area (Å²) in [5.74, 6) is -1.11. The molecule has 174 valence electrons. The fraction of sp³-hybridized carbons (Fsp3) is 0.905. The van der Waals surface area contributed by atoms with Gasteiger partial charge in [-0.2, -0.15) is 0 Å². The maximum atomic E-state index is 11.2. The number of hydrogen-bond donors (Lipinski definition) is 3. The fourth-order valence-electron chi connectivity index (χ4n) is 2.90. The van der Waals surface area contributed by atoms with E-state index >= 15 is 0 Å². The molecule has 0 amide bonds. The van der Waals surface area contributed by atoms with Crippen molar-refractivity contribution in [3.63, 3.8) is 0 Å². The molecule has 8 heteroatoms. The van der Waals surface area contributed by atoms with Gasteiger partial charge < -0.3 is 16.2 Å². The van der Waals surface area contributed by atoms with E-state index in [9.17, 15) is 4.79 Å². The molecule has 0 aromatic heterocycles. The molecule has 0 fully saturated rings. The van der Waals surface area contributed by atoms with Gasteiger partial charge in [0.25, 0.3) is 3.79 Å². The van der Waals surface area contributed by atoms with Gasteiger partial charge in [0.1, 0.15) is 0 Å². The number of halogens is 3. The summed E-state index contributed by atoms with van der Waals surface area (Å²) in [6, 6.07) is 0. The van der Waals surface area contributed by atoms with Gasteiger partial charge in [0.2, 0.25) is 0 Å². The molecular formula is C21H42Cl3N3O2. The zero-order chi connectivity index (χ0) is 22.4. The predicted octanol–water partition coefficient (Wildman–Crippen LogP) is 7.00. The first-order valence-electron chi connectivity index (χ1n) is 11.0. The molecule has 0 rings (SSSR count). The Balaban J connectivity index is 0. The number of guanidine groups is 1. The Bertz CT molecular complexity index is 388. The molecule has 0 bridgehead atoms. The minimum Gasteiger partial charge on any atom is -0.463 e. The normalized spacial score (nSPS) is 10.9. The summed E-state index contributed by atoms with van der Waals surface area (Å²) in [7, 11) is 0. The highest BCUT2D eigenvalue weighted by molar-refractivity contribution is 6.75. The van der Waals surface area contributed by atoms with E-state index in [1.165, 1.54) is 89.9 Å². The summed E-state index contributed by atoms with van der Waals surface area (Å²) in [5.41, 5.74) is 8.94. The van der Waals surface area contributed by atoms with Crippen molar-refractivity contribution in [2.75, 3.05) is 6.61 Å². The molecule has 5 nitrogen and oxygen atoms in total. The molecule has 0 atom stereocenters. The van der Waals surface area contributed by atoms with Gasteiger partial charge in [-0.1, -0.05) is 138 Å². The summed E-state index contributed by atoms with van der Waals surface area (Å²) in [6.45, 7) is 2.61. The first-order chi connectivity index (χ1) is 13.7. The average Bonchev–Trinajstić information content (AvgIpc) is 2.62. The van der Waals surface area contributed by atoms with Crippen LogP contribution >= 0.6 is 34.8 Å². The monoisotopic (exact) mass is 473 g/mol. The molecule has 29 heavy (non-hydrogen) atoms. The van der Waals surface area contributed by atoms with Gasteiger partial charge in [-0.25, -0.2) is 4.79 Å². The molecule has 0 saturated heterocycles. The van der Waals surface area contributed by atoms with E-state index in [-0.39, 0.29) is 5.96 Å². The number of esters is 1. The van der Waals surface area contributed by atoms with Crippen LogP contribution in [0.2, 0.25) is 0 Å². The molecular weight excluding hydrogens is 433 g/mol. The summed E-state index contributed by atoms with van der Waals surface area (Å²) in [6.07, 6.45) is 21.0. The van der Waals surface area contributed by atoms with E-state index in [4.69, 9.17) is 44.9 Å². The Labute approximate surface area is 193 Å². The van der Waals surface area contributed by atoms with Crippen LogP contribution in [0.15, 0.2) is 0 Å². The molecule has 0 aromatic rings. The molecule has 0 aliphatic heterocycles. The highest BCUT2D eigenvalue weighted by Gasteiger charge is 2.32. The first-order valence-corrected chi connectivity index (χ1v) is 12.2. The Morgan fingerprint density at radius 3 is 1.28 bits per heavy atom. The van der Waals surface area contributed by atoms with Gasteiger partial charge in [-0.15, -0.1) is 0 Å².